The molecule has 1 N–H and O–H groups in total. The monoisotopic (exact) mass is 422 g/mol. The van der Waals surface area contributed by atoms with Crippen molar-refractivity contribution in [2.75, 3.05) is 25.0 Å². The first-order valence-corrected chi connectivity index (χ1v) is 11.4. The molecule has 1 aliphatic heterocycles. The quantitative estimate of drug-likeness (QED) is 0.647. The van der Waals surface area contributed by atoms with Gasteiger partial charge in [-0.05, 0) is 50.6 Å². The van der Waals surface area contributed by atoms with E-state index in [0.717, 1.165) is 67.8 Å². The topological polar surface area (TPSA) is 93.8 Å². The van der Waals surface area contributed by atoms with Crippen LogP contribution in [0.2, 0.25) is 0 Å². The Bertz CT molecular complexity index is 1120. The van der Waals surface area contributed by atoms with Gasteiger partial charge in [0.25, 0.3) is 5.56 Å². The van der Waals surface area contributed by atoms with Crippen LogP contribution >= 0.6 is 0 Å². The molecule has 9 heteroatoms. The number of rotatable bonds is 6. The van der Waals surface area contributed by atoms with Crippen molar-refractivity contribution >= 4 is 16.9 Å². The fourth-order valence-corrected chi connectivity index (χ4v) is 4.88. The van der Waals surface area contributed by atoms with E-state index >= 15 is 0 Å². The minimum atomic E-state index is 0.0345. The van der Waals surface area contributed by atoms with Crippen molar-refractivity contribution in [1.82, 2.24) is 34.4 Å². The van der Waals surface area contributed by atoms with Crippen LogP contribution in [-0.4, -0.2) is 60.1 Å². The van der Waals surface area contributed by atoms with Gasteiger partial charge in [-0.15, -0.1) is 0 Å². The number of aryl methyl sites for hydroxylation is 3. The molecular weight excluding hydrogens is 392 g/mol. The van der Waals surface area contributed by atoms with Gasteiger partial charge in [0.2, 0.25) is 0 Å². The number of nitrogens with zero attached hydrogens (tertiary/aromatic N) is 7. The molecule has 3 aromatic heterocycles. The molecule has 0 spiro atoms. The molecular formula is C22H30N8O. The van der Waals surface area contributed by atoms with E-state index < -0.39 is 0 Å². The summed E-state index contributed by atoms with van der Waals surface area (Å²) in [6, 6.07) is 2.22. The summed E-state index contributed by atoms with van der Waals surface area (Å²) >= 11 is 0. The van der Waals surface area contributed by atoms with Crippen LogP contribution in [0.15, 0.2) is 23.4 Å². The molecule has 31 heavy (non-hydrogen) atoms. The van der Waals surface area contributed by atoms with Crippen molar-refractivity contribution in [3.05, 3.63) is 40.2 Å². The first kappa shape index (κ1) is 20.1. The first-order chi connectivity index (χ1) is 15.2. The van der Waals surface area contributed by atoms with Crippen LogP contribution in [0.5, 0.6) is 0 Å². The van der Waals surface area contributed by atoms with Gasteiger partial charge in [0.15, 0.2) is 5.65 Å². The summed E-state index contributed by atoms with van der Waals surface area (Å²) in [5.41, 5.74) is 3.01. The van der Waals surface area contributed by atoms with Crippen LogP contribution in [0.25, 0.3) is 11.0 Å². The Kier molecular flexibility index (Phi) is 5.67. The number of nitrogens with one attached hydrogen (secondary N) is 1. The number of aromatic nitrogens is 6. The maximum absolute atomic E-state index is 12.5. The molecule has 3 aromatic rings. The minimum Gasteiger partial charge on any atom is -0.368 e. The Morgan fingerprint density at radius 1 is 1.10 bits per heavy atom. The van der Waals surface area contributed by atoms with Gasteiger partial charge in [0.1, 0.15) is 12.1 Å². The summed E-state index contributed by atoms with van der Waals surface area (Å²) in [6.07, 6.45) is 11.4. The van der Waals surface area contributed by atoms with E-state index in [1.54, 1.807) is 15.7 Å². The molecule has 2 aliphatic rings. The number of likely N-dealkylation sites (tertiary alicyclic amines) is 1. The lowest BCUT2D eigenvalue weighted by Crippen LogP contribution is -2.45. The van der Waals surface area contributed by atoms with Crippen LogP contribution in [-0.2, 0) is 26.4 Å². The smallest absolute Gasteiger partial charge is 0.267 e. The fraction of sp³-hybridized carbons (Fsp3) is 0.591. The predicted molar refractivity (Wildman–Crippen MR) is 119 cm³/mol. The molecule has 164 valence electrons. The number of fused-ring (bicyclic) bond motifs is 2. The van der Waals surface area contributed by atoms with Gasteiger partial charge in [0, 0.05) is 38.4 Å². The second-order valence-corrected chi connectivity index (χ2v) is 8.71. The molecule has 0 saturated carbocycles. The van der Waals surface area contributed by atoms with E-state index in [4.69, 9.17) is 0 Å². The van der Waals surface area contributed by atoms with E-state index in [1.165, 1.54) is 19.3 Å². The lowest BCUT2D eigenvalue weighted by atomic mass is 9.97. The summed E-state index contributed by atoms with van der Waals surface area (Å²) in [4.78, 5) is 23.7. The van der Waals surface area contributed by atoms with Gasteiger partial charge in [-0.1, -0.05) is 6.42 Å². The highest BCUT2D eigenvalue weighted by atomic mass is 16.1. The van der Waals surface area contributed by atoms with E-state index in [9.17, 15) is 4.79 Å². The van der Waals surface area contributed by atoms with Crippen molar-refractivity contribution in [1.29, 1.82) is 0 Å². The average molecular weight is 423 g/mol. The zero-order valence-electron chi connectivity index (χ0n) is 18.1. The van der Waals surface area contributed by atoms with Gasteiger partial charge in [0.05, 0.1) is 17.6 Å². The molecule has 0 aromatic carbocycles. The van der Waals surface area contributed by atoms with Crippen molar-refractivity contribution < 1.29 is 0 Å². The second kappa shape index (κ2) is 8.74. The van der Waals surface area contributed by atoms with Gasteiger partial charge < -0.3 is 5.32 Å². The summed E-state index contributed by atoms with van der Waals surface area (Å²) in [7, 11) is 1.89. The van der Waals surface area contributed by atoms with Crippen molar-refractivity contribution in [3.63, 3.8) is 0 Å². The molecule has 0 amide bonds. The molecule has 4 heterocycles. The van der Waals surface area contributed by atoms with Crippen molar-refractivity contribution in [3.8, 4) is 0 Å². The lowest BCUT2D eigenvalue weighted by molar-refractivity contribution is 0.147. The van der Waals surface area contributed by atoms with Crippen LogP contribution in [0.4, 0.5) is 5.82 Å². The normalized spacial score (nSPS) is 19.5. The fourth-order valence-electron chi connectivity index (χ4n) is 4.88. The standard InChI is InChI=1S/C22H30N8O/c1-28-14-18-21(24-15-25-22(18)27-28)23-13-17-7-4-5-9-29(17)10-11-30-20(31)12-16-6-2-3-8-19(16)26-30/h12,14-15,17H,2-11,13H2,1H3,(H,23,24,25,27). The number of piperidine rings is 1. The largest absolute Gasteiger partial charge is 0.368 e. The van der Waals surface area contributed by atoms with E-state index in [0.29, 0.717) is 18.2 Å². The van der Waals surface area contributed by atoms with Crippen LogP contribution in [0.1, 0.15) is 43.4 Å². The maximum atomic E-state index is 12.5. The SMILES string of the molecule is Cn1cc2c(NCC3CCCCN3CCn3nc4c(cc3=O)CCCC4)ncnc2n1. The molecule has 0 radical (unpaired) electrons. The number of hydrogen-bond donors (Lipinski definition) is 1. The summed E-state index contributed by atoms with van der Waals surface area (Å²) in [6.45, 7) is 3.35. The number of anilines is 1. The molecule has 5 rings (SSSR count). The Morgan fingerprint density at radius 3 is 2.94 bits per heavy atom. The van der Waals surface area contributed by atoms with Crippen molar-refractivity contribution in [2.45, 2.75) is 57.5 Å². The van der Waals surface area contributed by atoms with E-state index in [2.05, 4.69) is 30.4 Å². The number of hydrogen-bond acceptors (Lipinski definition) is 7. The second-order valence-electron chi connectivity index (χ2n) is 8.71. The molecule has 0 bridgehead atoms. The summed E-state index contributed by atoms with van der Waals surface area (Å²) < 4.78 is 3.44. The molecule has 1 fully saturated rings. The third-order valence-corrected chi connectivity index (χ3v) is 6.56. The van der Waals surface area contributed by atoms with Crippen molar-refractivity contribution in [2.24, 2.45) is 7.05 Å². The van der Waals surface area contributed by atoms with E-state index in [-0.39, 0.29) is 5.56 Å². The Morgan fingerprint density at radius 2 is 2.00 bits per heavy atom. The first-order valence-electron chi connectivity index (χ1n) is 11.4. The van der Waals surface area contributed by atoms with E-state index in [1.807, 2.05) is 19.3 Å². The zero-order chi connectivity index (χ0) is 21.2. The lowest BCUT2D eigenvalue weighted by Gasteiger charge is -2.36. The van der Waals surface area contributed by atoms with Crippen LogP contribution in [0.3, 0.4) is 0 Å². The Balaban J connectivity index is 1.25. The summed E-state index contributed by atoms with van der Waals surface area (Å²) in [5, 5.41) is 13.5. The zero-order valence-corrected chi connectivity index (χ0v) is 18.1. The Labute approximate surface area is 181 Å². The maximum Gasteiger partial charge on any atom is 0.267 e. The summed E-state index contributed by atoms with van der Waals surface area (Å²) in [5.74, 6) is 0.830. The van der Waals surface area contributed by atoms with Crippen LogP contribution in [0, 0.1) is 0 Å². The van der Waals surface area contributed by atoms with Crippen LogP contribution < -0.4 is 10.9 Å². The molecule has 9 nitrogen and oxygen atoms in total. The van der Waals surface area contributed by atoms with Gasteiger partial charge >= 0.3 is 0 Å². The molecule has 1 saturated heterocycles. The molecule has 1 unspecified atom stereocenters. The van der Waals surface area contributed by atoms with Gasteiger partial charge in [-0.2, -0.15) is 10.2 Å². The minimum absolute atomic E-state index is 0.0345. The molecule has 1 aliphatic carbocycles. The third-order valence-electron chi connectivity index (χ3n) is 6.56. The average Bonchev–Trinajstić information content (AvgIpc) is 3.17. The van der Waals surface area contributed by atoms with Gasteiger partial charge in [-0.3, -0.25) is 14.4 Å². The molecule has 1 atom stereocenters. The highest BCUT2D eigenvalue weighted by Crippen LogP contribution is 2.21. The highest BCUT2D eigenvalue weighted by Gasteiger charge is 2.23. The van der Waals surface area contributed by atoms with Gasteiger partial charge in [-0.25, -0.2) is 14.6 Å². The highest BCUT2D eigenvalue weighted by molar-refractivity contribution is 5.85. The Hall–Kier alpha value is -2.81. The third kappa shape index (κ3) is 4.32. The predicted octanol–water partition coefficient (Wildman–Crippen LogP) is 1.77.